The fourth-order valence-corrected chi connectivity index (χ4v) is 4.20. The third kappa shape index (κ3) is 5.93. The van der Waals surface area contributed by atoms with Crippen molar-refractivity contribution in [2.24, 2.45) is 0 Å². The van der Waals surface area contributed by atoms with Gasteiger partial charge in [0.2, 0.25) is 15.9 Å². The highest BCUT2D eigenvalue weighted by atomic mass is 32.2. The van der Waals surface area contributed by atoms with Gasteiger partial charge in [0.05, 0.1) is 11.5 Å². The zero-order valence-corrected chi connectivity index (χ0v) is 16.6. The lowest BCUT2D eigenvalue weighted by Gasteiger charge is -2.37. The summed E-state index contributed by atoms with van der Waals surface area (Å²) < 4.78 is 32.1. The third-order valence-corrected chi connectivity index (χ3v) is 6.01. The van der Waals surface area contributed by atoms with Crippen LogP contribution in [0.15, 0.2) is 35.2 Å². The molecule has 0 saturated carbocycles. The molecule has 1 N–H and O–H groups in total. The molecule has 1 aromatic carbocycles. The van der Waals surface area contributed by atoms with Gasteiger partial charge in [0.25, 0.3) is 0 Å². The second-order valence-corrected chi connectivity index (χ2v) is 8.11. The third-order valence-electron chi connectivity index (χ3n) is 4.53. The largest absolute Gasteiger partial charge is 0.450 e. The highest BCUT2D eigenvalue weighted by molar-refractivity contribution is 7.89. The molecule has 1 saturated heterocycles. The van der Waals surface area contributed by atoms with Crippen molar-refractivity contribution in [2.45, 2.75) is 37.6 Å². The maximum absolute atomic E-state index is 12.3. The molecule has 2 rings (SSSR count). The van der Waals surface area contributed by atoms with Crippen LogP contribution in [0.2, 0.25) is 0 Å². The minimum atomic E-state index is -3.60. The average molecular weight is 397 g/mol. The maximum atomic E-state index is 12.3. The quantitative estimate of drug-likeness (QED) is 0.751. The molecule has 0 aliphatic carbocycles. The summed E-state index contributed by atoms with van der Waals surface area (Å²) in [4.78, 5) is 27.3. The molecule has 2 amide bonds. The fourth-order valence-electron chi connectivity index (χ4n) is 3.16. The number of carbonyl (C=O) groups is 2. The average Bonchev–Trinajstić information content (AvgIpc) is 2.66. The first-order chi connectivity index (χ1) is 12.8. The van der Waals surface area contributed by atoms with E-state index in [0.29, 0.717) is 32.5 Å². The summed E-state index contributed by atoms with van der Waals surface area (Å²) in [6.45, 7) is 5.02. The van der Waals surface area contributed by atoms with Crippen molar-refractivity contribution >= 4 is 22.0 Å². The molecule has 0 bridgehead atoms. The van der Waals surface area contributed by atoms with E-state index in [1.165, 1.54) is 19.1 Å². The number of hydrogen-bond donors (Lipinski definition) is 1. The predicted octanol–water partition coefficient (Wildman–Crippen LogP) is 1.43. The summed E-state index contributed by atoms with van der Waals surface area (Å²) in [7, 11) is -3.60. The molecule has 0 atom stereocenters. The van der Waals surface area contributed by atoms with Crippen LogP contribution in [0.5, 0.6) is 0 Å². The summed E-state index contributed by atoms with van der Waals surface area (Å²) >= 11 is 0. The number of nitrogens with one attached hydrogen (secondary N) is 1. The number of sulfonamides is 1. The molecule has 1 fully saturated rings. The topological polar surface area (TPSA) is 96.0 Å². The molecule has 8 nitrogen and oxygen atoms in total. The number of likely N-dealkylation sites (tertiary alicyclic amines) is 1. The molecular formula is C18H27N3O5S. The Balaban J connectivity index is 1.88. The van der Waals surface area contributed by atoms with E-state index in [2.05, 4.69) is 4.72 Å². The highest BCUT2D eigenvalue weighted by Crippen LogP contribution is 2.17. The Bertz CT molecular complexity index is 731. The van der Waals surface area contributed by atoms with Crippen molar-refractivity contribution < 1.29 is 22.7 Å². The van der Waals surface area contributed by atoms with Crippen LogP contribution in [-0.2, 0) is 19.6 Å². The summed E-state index contributed by atoms with van der Waals surface area (Å²) in [6.07, 6.45) is 0.953. The fraction of sp³-hybridized carbons (Fsp3) is 0.556. The van der Waals surface area contributed by atoms with Crippen LogP contribution < -0.4 is 4.72 Å². The van der Waals surface area contributed by atoms with E-state index in [1.54, 1.807) is 34.9 Å². The van der Waals surface area contributed by atoms with Crippen LogP contribution >= 0.6 is 0 Å². The second kappa shape index (κ2) is 9.70. The van der Waals surface area contributed by atoms with Crippen molar-refractivity contribution in [3.05, 3.63) is 30.3 Å². The van der Waals surface area contributed by atoms with E-state index in [1.807, 2.05) is 0 Å². The molecule has 27 heavy (non-hydrogen) atoms. The Hall–Kier alpha value is -2.13. The summed E-state index contributed by atoms with van der Waals surface area (Å²) in [6, 6.07) is 8.10. The summed E-state index contributed by atoms with van der Waals surface area (Å²) in [5, 5.41) is 0. The normalized spacial score (nSPS) is 15.4. The molecule has 1 aromatic rings. The van der Waals surface area contributed by atoms with E-state index < -0.39 is 10.0 Å². The zero-order valence-electron chi connectivity index (χ0n) is 15.8. The van der Waals surface area contributed by atoms with Gasteiger partial charge in [0.15, 0.2) is 0 Å². The molecule has 0 aromatic heterocycles. The number of amides is 2. The SMILES string of the molecule is CCOC(=O)N1CCC(N(CCNS(=O)(=O)c2ccccc2)C(C)=O)CC1. The molecule has 1 aliphatic rings. The monoisotopic (exact) mass is 397 g/mol. The second-order valence-electron chi connectivity index (χ2n) is 6.34. The van der Waals surface area contributed by atoms with Crippen molar-refractivity contribution in [3.8, 4) is 0 Å². The summed E-state index contributed by atoms with van der Waals surface area (Å²) in [5.74, 6) is -0.108. The molecule has 0 spiro atoms. The Kier molecular flexibility index (Phi) is 7.61. The van der Waals surface area contributed by atoms with Crippen LogP contribution in [0.1, 0.15) is 26.7 Å². The predicted molar refractivity (Wildman–Crippen MR) is 101 cm³/mol. The lowest BCUT2D eigenvalue weighted by Crippen LogP contribution is -2.50. The van der Waals surface area contributed by atoms with Crippen LogP contribution in [-0.4, -0.2) is 69.0 Å². The van der Waals surface area contributed by atoms with Gasteiger partial charge in [-0.1, -0.05) is 18.2 Å². The van der Waals surface area contributed by atoms with Gasteiger partial charge >= 0.3 is 6.09 Å². The van der Waals surface area contributed by atoms with E-state index >= 15 is 0 Å². The Morgan fingerprint density at radius 3 is 2.41 bits per heavy atom. The van der Waals surface area contributed by atoms with E-state index in [4.69, 9.17) is 4.74 Å². The van der Waals surface area contributed by atoms with Crippen molar-refractivity contribution in [3.63, 3.8) is 0 Å². The lowest BCUT2D eigenvalue weighted by molar-refractivity contribution is -0.131. The van der Waals surface area contributed by atoms with Gasteiger partial charge in [0.1, 0.15) is 0 Å². The Labute approximate surface area is 160 Å². The lowest BCUT2D eigenvalue weighted by atomic mass is 10.0. The van der Waals surface area contributed by atoms with Crippen LogP contribution in [0.4, 0.5) is 4.79 Å². The maximum Gasteiger partial charge on any atom is 0.409 e. The molecular weight excluding hydrogens is 370 g/mol. The van der Waals surface area contributed by atoms with Crippen LogP contribution in [0, 0.1) is 0 Å². The van der Waals surface area contributed by atoms with E-state index in [0.717, 1.165) is 0 Å². The number of ether oxygens (including phenoxy) is 1. The van der Waals surface area contributed by atoms with Gasteiger partial charge < -0.3 is 14.5 Å². The number of carbonyl (C=O) groups excluding carboxylic acids is 2. The zero-order chi connectivity index (χ0) is 19.9. The first kappa shape index (κ1) is 21.2. The van der Waals surface area contributed by atoms with Crippen molar-refractivity contribution in [1.29, 1.82) is 0 Å². The van der Waals surface area contributed by atoms with Gasteiger partial charge in [-0.15, -0.1) is 0 Å². The molecule has 9 heteroatoms. The molecule has 150 valence electrons. The Morgan fingerprint density at radius 2 is 1.85 bits per heavy atom. The first-order valence-corrected chi connectivity index (χ1v) is 10.6. The van der Waals surface area contributed by atoms with Crippen LogP contribution in [0.3, 0.4) is 0 Å². The van der Waals surface area contributed by atoms with Crippen LogP contribution in [0.25, 0.3) is 0 Å². The van der Waals surface area contributed by atoms with E-state index in [9.17, 15) is 18.0 Å². The molecule has 0 unspecified atom stereocenters. The number of benzene rings is 1. The van der Waals surface area contributed by atoms with Crippen molar-refractivity contribution in [1.82, 2.24) is 14.5 Å². The standard InChI is InChI=1S/C18H27N3O5S/c1-3-26-18(23)20-12-9-16(10-13-20)21(15(2)22)14-11-19-27(24,25)17-7-5-4-6-8-17/h4-8,16,19H,3,9-14H2,1-2H3. The van der Waals surface area contributed by atoms with Crippen molar-refractivity contribution in [2.75, 3.05) is 32.8 Å². The minimum Gasteiger partial charge on any atom is -0.450 e. The van der Waals surface area contributed by atoms with E-state index in [-0.39, 0.29) is 36.0 Å². The highest BCUT2D eigenvalue weighted by Gasteiger charge is 2.28. The molecule has 0 radical (unpaired) electrons. The van der Waals surface area contributed by atoms with Gasteiger partial charge in [-0.25, -0.2) is 17.9 Å². The number of piperidine rings is 1. The number of hydrogen-bond acceptors (Lipinski definition) is 5. The van der Waals surface area contributed by atoms with Gasteiger partial charge in [0, 0.05) is 39.1 Å². The smallest absolute Gasteiger partial charge is 0.409 e. The van der Waals surface area contributed by atoms with Gasteiger partial charge in [-0.05, 0) is 31.9 Å². The number of nitrogens with zero attached hydrogens (tertiary/aromatic N) is 2. The summed E-state index contributed by atoms with van der Waals surface area (Å²) in [5.41, 5.74) is 0. The van der Waals surface area contributed by atoms with Gasteiger partial charge in [-0.3, -0.25) is 4.79 Å². The van der Waals surface area contributed by atoms with Gasteiger partial charge in [-0.2, -0.15) is 0 Å². The first-order valence-electron chi connectivity index (χ1n) is 9.08. The number of rotatable bonds is 7. The molecule has 1 aliphatic heterocycles. The minimum absolute atomic E-state index is 0.0191. The Morgan fingerprint density at radius 1 is 1.22 bits per heavy atom. The molecule has 1 heterocycles.